The number of hydrogen-bond donors (Lipinski definition) is 1. The summed E-state index contributed by atoms with van der Waals surface area (Å²) in [5.41, 5.74) is 1.50. The van der Waals surface area contributed by atoms with Crippen LogP contribution in [0.5, 0.6) is 17.2 Å². The van der Waals surface area contributed by atoms with Crippen LogP contribution in [0.1, 0.15) is 28.4 Å². The molecule has 35 heavy (non-hydrogen) atoms. The van der Waals surface area contributed by atoms with E-state index in [1.807, 2.05) is 12.1 Å². The van der Waals surface area contributed by atoms with Crippen LogP contribution < -0.4 is 19.5 Å². The Labute approximate surface area is 201 Å². The van der Waals surface area contributed by atoms with Crippen LogP contribution in [0.25, 0.3) is 0 Å². The topological polar surface area (TPSA) is 77.1 Å². The number of ether oxygens (including phenoxy) is 3. The minimum absolute atomic E-state index is 0.202. The summed E-state index contributed by atoms with van der Waals surface area (Å²) < 4.78 is 43.9. The van der Waals surface area contributed by atoms with Crippen molar-refractivity contribution in [1.82, 2.24) is 4.90 Å². The first-order chi connectivity index (χ1) is 16.8. The molecule has 0 fully saturated rings. The summed E-state index contributed by atoms with van der Waals surface area (Å²) in [6.45, 7) is 2.11. The van der Waals surface area contributed by atoms with Gasteiger partial charge in [0.05, 0.1) is 19.8 Å². The molecule has 0 radical (unpaired) electrons. The minimum Gasteiger partial charge on any atom is -0.493 e. The second-order valence-electron chi connectivity index (χ2n) is 8.01. The maximum atomic E-state index is 14.0. The quantitative estimate of drug-likeness (QED) is 0.558. The number of nitrogens with one attached hydrogen (secondary N) is 1. The van der Waals surface area contributed by atoms with Crippen molar-refractivity contribution >= 4 is 17.5 Å². The first-order valence-electron chi connectivity index (χ1n) is 10.9. The Morgan fingerprint density at radius 3 is 2.63 bits per heavy atom. The number of fused-ring (bicyclic) bond motifs is 1. The molecule has 3 aromatic carbocycles. The van der Waals surface area contributed by atoms with Gasteiger partial charge in [-0.1, -0.05) is 12.1 Å². The minimum atomic E-state index is -0.960. The molecule has 4 rings (SSSR count). The van der Waals surface area contributed by atoms with Crippen molar-refractivity contribution in [2.24, 2.45) is 0 Å². The number of benzene rings is 3. The fraction of sp³-hybridized carbons (Fsp3) is 0.231. The lowest BCUT2D eigenvalue weighted by Gasteiger charge is -2.24. The van der Waals surface area contributed by atoms with Crippen molar-refractivity contribution in [2.45, 2.75) is 26.1 Å². The lowest BCUT2D eigenvalue weighted by atomic mass is 10.1. The Morgan fingerprint density at radius 1 is 1.11 bits per heavy atom. The zero-order chi connectivity index (χ0) is 25.1. The van der Waals surface area contributed by atoms with E-state index in [-0.39, 0.29) is 24.6 Å². The summed E-state index contributed by atoms with van der Waals surface area (Å²) in [6, 6.07) is 13.1. The van der Waals surface area contributed by atoms with Crippen LogP contribution in [-0.4, -0.2) is 37.0 Å². The fourth-order valence-corrected chi connectivity index (χ4v) is 3.97. The SMILES string of the molecule is COc1cccc(CN2Cc3cc(NC(=O)c4ccc(F)cc4F)ccc3O[C@@H](C)C2=O)c1OC. The van der Waals surface area contributed by atoms with Crippen LogP contribution in [0.3, 0.4) is 0 Å². The molecule has 3 aromatic rings. The standard InChI is InChI=1S/C26H24F2N2O5/c1-15-26(32)30(13-16-5-4-6-23(33-2)24(16)34-3)14-17-11-19(8-10-22(17)35-15)29-25(31)20-9-7-18(27)12-21(20)28/h4-12,15H,13-14H2,1-3H3,(H,29,31)/t15-/m0/s1. The van der Waals surface area contributed by atoms with Crippen molar-refractivity contribution in [3.05, 3.63) is 82.9 Å². The normalized spacial score (nSPS) is 15.1. The molecule has 182 valence electrons. The Bertz CT molecular complexity index is 1280. The molecule has 0 aromatic heterocycles. The van der Waals surface area contributed by atoms with Gasteiger partial charge in [0, 0.05) is 36.0 Å². The molecule has 1 atom stereocenters. The molecule has 2 amide bonds. The van der Waals surface area contributed by atoms with E-state index in [0.29, 0.717) is 34.6 Å². The highest BCUT2D eigenvalue weighted by Crippen LogP contribution is 2.34. The molecule has 0 unspecified atom stereocenters. The second kappa shape index (κ2) is 10.0. The zero-order valence-corrected chi connectivity index (χ0v) is 19.4. The lowest BCUT2D eigenvalue weighted by Crippen LogP contribution is -2.37. The highest BCUT2D eigenvalue weighted by Gasteiger charge is 2.29. The van der Waals surface area contributed by atoms with E-state index in [4.69, 9.17) is 14.2 Å². The molecule has 9 heteroatoms. The maximum absolute atomic E-state index is 14.0. The molecule has 1 heterocycles. The third-order valence-electron chi connectivity index (χ3n) is 5.66. The average Bonchev–Trinajstić information content (AvgIpc) is 2.94. The molecule has 0 saturated carbocycles. The summed E-state index contributed by atoms with van der Waals surface area (Å²) in [5, 5.41) is 2.61. The molecular formula is C26H24F2N2O5. The van der Waals surface area contributed by atoms with Gasteiger partial charge in [0.1, 0.15) is 17.4 Å². The smallest absolute Gasteiger partial charge is 0.263 e. The molecule has 0 aliphatic carbocycles. The van der Waals surface area contributed by atoms with Gasteiger partial charge in [0.25, 0.3) is 11.8 Å². The number of amides is 2. The zero-order valence-electron chi connectivity index (χ0n) is 19.4. The lowest BCUT2D eigenvalue weighted by molar-refractivity contribution is -0.138. The summed E-state index contributed by atoms with van der Waals surface area (Å²) >= 11 is 0. The van der Waals surface area contributed by atoms with Gasteiger partial charge in [-0.25, -0.2) is 8.78 Å². The molecule has 1 aliphatic rings. The number of halogens is 2. The van der Waals surface area contributed by atoms with E-state index < -0.39 is 23.6 Å². The number of anilines is 1. The van der Waals surface area contributed by atoms with E-state index in [2.05, 4.69) is 5.32 Å². The largest absolute Gasteiger partial charge is 0.493 e. The number of methoxy groups -OCH3 is 2. The number of nitrogens with zero attached hydrogens (tertiary/aromatic N) is 1. The fourth-order valence-electron chi connectivity index (χ4n) is 3.97. The van der Waals surface area contributed by atoms with Crippen LogP contribution in [0, 0.1) is 11.6 Å². The summed E-state index contributed by atoms with van der Waals surface area (Å²) in [5.74, 6) is -1.09. The average molecular weight is 482 g/mol. The number of carbonyl (C=O) groups excluding carboxylic acids is 2. The predicted octanol–water partition coefficient (Wildman–Crippen LogP) is 4.54. The van der Waals surface area contributed by atoms with Crippen molar-refractivity contribution in [3.8, 4) is 17.2 Å². The van der Waals surface area contributed by atoms with E-state index in [9.17, 15) is 18.4 Å². The van der Waals surface area contributed by atoms with Gasteiger partial charge in [-0.3, -0.25) is 9.59 Å². The van der Waals surface area contributed by atoms with Crippen LogP contribution >= 0.6 is 0 Å². The van der Waals surface area contributed by atoms with Crippen molar-refractivity contribution < 1.29 is 32.6 Å². The third kappa shape index (κ3) is 5.03. The number of rotatable bonds is 6. The Morgan fingerprint density at radius 2 is 1.91 bits per heavy atom. The van der Waals surface area contributed by atoms with Crippen LogP contribution in [0.15, 0.2) is 54.6 Å². The monoisotopic (exact) mass is 482 g/mol. The highest BCUT2D eigenvalue weighted by molar-refractivity contribution is 6.04. The molecule has 1 aliphatic heterocycles. The van der Waals surface area contributed by atoms with Crippen molar-refractivity contribution in [1.29, 1.82) is 0 Å². The van der Waals surface area contributed by atoms with Crippen LogP contribution in [0.4, 0.5) is 14.5 Å². The number of hydrogen-bond acceptors (Lipinski definition) is 5. The van der Waals surface area contributed by atoms with Gasteiger partial charge < -0.3 is 24.4 Å². The molecular weight excluding hydrogens is 458 g/mol. The molecule has 0 spiro atoms. The van der Waals surface area contributed by atoms with Crippen molar-refractivity contribution in [2.75, 3.05) is 19.5 Å². The maximum Gasteiger partial charge on any atom is 0.263 e. The van der Waals surface area contributed by atoms with E-state index in [1.165, 1.54) is 7.11 Å². The number of para-hydroxylation sites is 1. The summed E-state index contributed by atoms with van der Waals surface area (Å²) in [4.78, 5) is 27.2. The van der Waals surface area contributed by atoms with Gasteiger partial charge in [-0.15, -0.1) is 0 Å². The summed E-state index contributed by atoms with van der Waals surface area (Å²) in [6.07, 6.45) is -0.735. The van der Waals surface area contributed by atoms with Crippen LogP contribution in [0.2, 0.25) is 0 Å². The van der Waals surface area contributed by atoms with Crippen molar-refractivity contribution in [3.63, 3.8) is 0 Å². The first-order valence-corrected chi connectivity index (χ1v) is 10.9. The van der Waals surface area contributed by atoms with Crippen LogP contribution in [-0.2, 0) is 17.9 Å². The van der Waals surface area contributed by atoms with Gasteiger partial charge in [-0.2, -0.15) is 0 Å². The second-order valence-corrected chi connectivity index (χ2v) is 8.01. The van der Waals surface area contributed by atoms with E-state index in [0.717, 1.165) is 17.7 Å². The Balaban J connectivity index is 1.60. The highest BCUT2D eigenvalue weighted by atomic mass is 19.1. The Hall–Kier alpha value is -4.14. The molecule has 0 bridgehead atoms. The van der Waals surface area contributed by atoms with Gasteiger partial charge in [-0.05, 0) is 43.3 Å². The molecule has 0 saturated heterocycles. The van der Waals surface area contributed by atoms with Gasteiger partial charge >= 0.3 is 0 Å². The summed E-state index contributed by atoms with van der Waals surface area (Å²) in [7, 11) is 3.07. The predicted molar refractivity (Wildman–Crippen MR) is 125 cm³/mol. The third-order valence-corrected chi connectivity index (χ3v) is 5.66. The number of carbonyl (C=O) groups is 2. The first kappa shape index (κ1) is 24.0. The Kier molecular flexibility index (Phi) is 6.86. The molecule has 7 nitrogen and oxygen atoms in total. The van der Waals surface area contributed by atoms with Gasteiger partial charge in [0.15, 0.2) is 17.6 Å². The van der Waals surface area contributed by atoms with Gasteiger partial charge in [0.2, 0.25) is 0 Å². The van der Waals surface area contributed by atoms with E-state index in [1.54, 1.807) is 43.2 Å². The van der Waals surface area contributed by atoms with E-state index >= 15 is 0 Å². The molecule has 1 N–H and O–H groups in total.